The Labute approximate surface area is 130 Å². The third-order valence-corrected chi connectivity index (χ3v) is 5.67. The normalized spacial score (nSPS) is 26.5. The molecule has 118 valence electrons. The second-order valence-electron chi connectivity index (χ2n) is 6.58. The second-order valence-corrected chi connectivity index (χ2v) is 6.58. The van der Waals surface area contributed by atoms with Crippen molar-refractivity contribution in [3.63, 3.8) is 0 Å². The van der Waals surface area contributed by atoms with Crippen molar-refractivity contribution in [3.8, 4) is 0 Å². The molecular formula is C16H23N5O. The quantitative estimate of drug-likeness (QED) is 0.940. The van der Waals surface area contributed by atoms with E-state index in [2.05, 4.69) is 39.0 Å². The fourth-order valence-corrected chi connectivity index (χ4v) is 4.57. The van der Waals surface area contributed by atoms with Crippen molar-refractivity contribution < 1.29 is 4.74 Å². The van der Waals surface area contributed by atoms with Gasteiger partial charge in [-0.2, -0.15) is 5.10 Å². The van der Waals surface area contributed by atoms with E-state index in [1.54, 1.807) is 6.33 Å². The minimum atomic E-state index is 0.311. The number of H-pyrrole nitrogens is 1. The molecule has 2 aromatic heterocycles. The molecule has 0 radical (unpaired) electrons. The fourth-order valence-electron chi connectivity index (χ4n) is 4.57. The summed E-state index contributed by atoms with van der Waals surface area (Å²) in [4.78, 5) is 11.1. The first-order valence-corrected chi connectivity index (χ1v) is 8.25. The Hall–Kier alpha value is -1.69. The predicted octanol–water partition coefficient (Wildman–Crippen LogP) is 2.53. The number of ether oxygens (including phenoxy) is 1. The fraction of sp³-hybridized carbons (Fsp3) is 0.688. The molecule has 22 heavy (non-hydrogen) atoms. The zero-order valence-electron chi connectivity index (χ0n) is 13.2. The van der Waals surface area contributed by atoms with Crippen molar-refractivity contribution in [3.05, 3.63) is 12.5 Å². The van der Waals surface area contributed by atoms with Crippen molar-refractivity contribution in [1.29, 1.82) is 0 Å². The van der Waals surface area contributed by atoms with Crippen LogP contribution in [0.2, 0.25) is 0 Å². The molecule has 6 heteroatoms. The zero-order valence-corrected chi connectivity index (χ0v) is 13.2. The van der Waals surface area contributed by atoms with Gasteiger partial charge in [0.15, 0.2) is 5.65 Å². The molecule has 0 saturated heterocycles. The molecule has 2 aliphatic carbocycles. The lowest BCUT2D eigenvalue weighted by Gasteiger charge is -2.57. The summed E-state index contributed by atoms with van der Waals surface area (Å²) in [5.74, 6) is 0.977. The molecule has 0 aliphatic heterocycles. The lowest BCUT2D eigenvalue weighted by Crippen LogP contribution is -2.63. The highest BCUT2D eigenvalue weighted by molar-refractivity contribution is 5.86. The van der Waals surface area contributed by atoms with Crippen molar-refractivity contribution in [2.75, 3.05) is 18.6 Å². The number of aromatic amines is 1. The summed E-state index contributed by atoms with van der Waals surface area (Å²) in [5, 5.41) is 8.03. The summed E-state index contributed by atoms with van der Waals surface area (Å²) < 4.78 is 6.03. The van der Waals surface area contributed by atoms with Gasteiger partial charge >= 0.3 is 0 Å². The second kappa shape index (κ2) is 5.19. The summed E-state index contributed by atoms with van der Waals surface area (Å²) in [5.41, 5.74) is 1.11. The highest BCUT2D eigenvalue weighted by Crippen LogP contribution is 2.57. The van der Waals surface area contributed by atoms with E-state index >= 15 is 0 Å². The van der Waals surface area contributed by atoms with E-state index in [4.69, 9.17) is 4.74 Å². The Balaban J connectivity index is 1.65. The molecule has 2 aliphatic rings. The van der Waals surface area contributed by atoms with Gasteiger partial charge in [0, 0.05) is 25.1 Å². The van der Waals surface area contributed by atoms with Crippen LogP contribution in [0, 0.1) is 5.41 Å². The minimum Gasteiger partial charge on any atom is -0.378 e. The summed E-state index contributed by atoms with van der Waals surface area (Å²) in [6.45, 7) is 2.90. The van der Waals surface area contributed by atoms with Gasteiger partial charge in [-0.05, 0) is 26.2 Å². The van der Waals surface area contributed by atoms with Gasteiger partial charge in [-0.3, -0.25) is 5.10 Å². The standard InChI is InChI=1S/C16H23N5O/c1-3-22-13-8-12(16(13)6-4-5-7-16)21(2)15-11-9-19-20-14(11)17-10-18-15/h9-10,12-13H,3-8H2,1-2H3,(H,17,18,19,20). The molecule has 2 atom stereocenters. The number of fused-ring (bicyclic) bond motifs is 1. The third kappa shape index (κ3) is 1.86. The highest BCUT2D eigenvalue weighted by Gasteiger charge is 2.58. The van der Waals surface area contributed by atoms with Crippen molar-refractivity contribution in [1.82, 2.24) is 20.2 Å². The van der Waals surface area contributed by atoms with E-state index < -0.39 is 0 Å². The maximum absolute atomic E-state index is 6.03. The van der Waals surface area contributed by atoms with Crippen LogP contribution in [0.25, 0.3) is 11.0 Å². The highest BCUT2D eigenvalue weighted by atomic mass is 16.5. The molecule has 2 unspecified atom stereocenters. The molecule has 0 amide bonds. The number of hydrogen-bond donors (Lipinski definition) is 1. The smallest absolute Gasteiger partial charge is 0.160 e. The Morgan fingerprint density at radius 1 is 1.36 bits per heavy atom. The average molecular weight is 301 g/mol. The molecule has 2 heterocycles. The van der Waals surface area contributed by atoms with Gasteiger partial charge in [0.25, 0.3) is 0 Å². The lowest BCUT2D eigenvalue weighted by atomic mass is 9.60. The predicted molar refractivity (Wildman–Crippen MR) is 84.8 cm³/mol. The topological polar surface area (TPSA) is 66.9 Å². The summed E-state index contributed by atoms with van der Waals surface area (Å²) in [6, 6.07) is 0.500. The first-order chi connectivity index (χ1) is 10.8. The maximum Gasteiger partial charge on any atom is 0.160 e. The molecule has 6 nitrogen and oxygen atoms in total. The molecule has 2 aromatic rings. The number of nitrogens with one attached hydrogen (secondary N) is 1. The lowest BCUT2D eigenvalue weighted by molar-refractivity contribution is -0.121. The summed E-state index contributed by atoms with van der Waals surface area (Å²) in [7, 11) is 2.15. The van der Waals surface area contributed by atoms with Crippen LogP contribution < -0.4 is 4.90 Å². The molecule has 1 spiro atoms. The molecular weight excluding hydrogens is 278 g/mol. The van der Waals surface area contributed by atoms with Crippen LogP contribution in [-0.4, -0.2) is 46.0 Å². The van der Waals surface area contributed by atoms with Crippen molar-refractivity contribution in [2.24, 2.45) is 5.41 Å². The Morgan fingerprint density at radius 2 is 2.18 bits per heavy atom. The van der Waals surface area contributed by atoms with E-state index in [0.717, 1.165) is 29.9 Å². The Kier molecular flexibility index (Phi) is 3.29. The number of hydrogen-bond acceptors (Lipinski definition) is 5. The first kappa shape index (κ1) is 13.9. The summed E-state index contributed by atoms with van der Waals surface area (Å²) in [6.07, 6.45) is 10.1. The van der Waals surface area contributed by atoms with Crippen LogP contribution in [-0.2, 0) is 4.74 Å². The van der Waals surface area contributed by atoms with Crippen LogP contribution in [0.15, 0.2) is 12.5 Å². The molecule has 1 N–H and O–H groups in total. The van der Waals surface area contributed by atoms with Gasteiger partial charge in [0.2, 0.25) is 0 Å². The Morgan fingerprint density at radius 3 is 2.95 bits per heavy atom. The van der Waals surface area contributed by atoms with Gasteiger partial charge in [-0.1, -0.05) is 12.8 Å². The molecule has 0 aromatic carbocycles. The van der Waals surface area contributed by atoms with Crippen LogP contribution in [0.1, 0.15) is 39.0 Å². The average Bonchev–Trinajstić information content (AvgIpc) is 3.19. The van der Waals surface area contributed by atoms with Crippen LogP contribution in [0.5, 0.6) is 0 Å². The molecule has 4 rings (SSSR count). The largest absolute Gasteiger partial charge is 0.378 e. The van der Waals surface area contributed by atoms with Crippen LogP contribution in [0.4, 0.5) is 5.82 Å². The summed E-state index contributed by atoms with van der Waals surface area (Å²) >= 11 is 0. The molecule has 0 bridgehead atoms. The monoisotopic (exact) mass is 301 g/mol. The maximum atomic E-state index is 6.03. The number of nitrogens with zero attached hydrogens (tertiary/aromatic N) is 4. The van der Waals surface area contributed by atoms with Gasteiger partial charge in [0.05, 0.1) is 17.7 Å². The molecule has 2 fully saturated rings. The SMILES string of the molecule is CCOC1CC(N(C)c2ncnc3[nH]ncc23)C12CCCC2. The minimum absolute atomic E-state index is 0.311. The van der Waals surface area contributed by atoms with E-state index in [9.17, 15) is 0 Å². The van der Waals surface area contributed by atoms with Crippen LogP contribution in [0.3, 0.4) is 0 Å². The van der Waals surface area contributed by atoms with E-state index in [1.807, 2.05) is 6.20 Å². The first-order valence-electron chi connectivity index (χ1n) is 8.25. The van der Waals surface area contributed by atoms with Gasteiger partial charge in [0.1, 0.15) is 12.1 Å². The molecule has 2 saturated carbocycles. The van der Waals surface area contributed by atoms with E-state index in [-0.39, 0.29) is 0 Å². The van der Waals surface area contributed by atoms with Gasteiger partial charge in [-0.25, -0.2) is 9.97 Å². The van der Waals surface area contributed by atoms with Gasteiger partial charge < -0.3 is 9.64 Å². The van der Waals surface area contributed by atoms with E-state index in [1.165, 1.54) is 25.7 Å². The Bertz CT molecular complexity index is 663. The van der Waals surface area contributed by atoms with Crippen molar-refractivity contribution in [2.45, 2.75) is 51.2 Å². The zero-order chi connectivity index (χ0) is 15.2. The number of aromatic nitrogens is 4. The third-order valence-electron chi connectivity index (χ3n) is 5.67. The van der Waals surface area contributed by atoms with Crippen LogP contribution >= 0.6 is 0 Å². The van der Waals surface area contributed by atoms with Crippen molar-refractivity contribution >= 4 is 16.9 Å². The van der Waals surface area contributed by atoms with E-state index in [0.29, 0.717) is 17.6 Å². The number of anilines is 1. The number of rotatable bonds is 4. The van der Waals surface area contributed by atoms with Gasteiger partial charge in [-0.15, -0.1) is 0 Å².